The first-order valence-corrected chi connectivity index (χ1v) is 11.2. The van der Waals surface area contributed by atoms with Gasteiger partial charge in [0.25, 0.3) is 0 Å². The third kappa shape index (κ3) is 5.53. The standard InChI is InChI=1S/C22H33N3OS.BrH/c1-22(2,3)17-11-13-19(14-12-17)25(16-26)20-15-27-21(24(20)4)23-18-9-7-5-6-8-10-18;/h11-14,16,18,20H,5-10,15H2,1-4H3;1H. The Bertz CT molecular complexity index is 663. The van der Waals surface area contributed by atoms with Crippen LogP contribution in [0.1, 0.15) is 64.9 Å². The van der Waals surface area contributed by atoms with E-state index in [0.717, 1.165) is 23.0 Å². The molecule has 4 nitrogen and oxygen atoms in total. The number of anilines is 1. The number of hydrogen-bond acceptors (Lipinski definition) is 3. The minimum absolute atomic E-state index is 0. The van der Waals surface area contributed by atoms with Crippen LogP contribution in [-0.2, 0) is 10.2 Å². The van der Waals surface area contributed by atoms with Crippen LogP contribution in [0.25, 0.3) is 0 Å². The second-order valence-electron chi connectivity index (χ2n) is 8.77. The summed E-state index contributed by atoms with van der Waals surface area (Å²) in [6.07, 6.45) is 8.66. The minimum Gasteiger partial charge on any atom is -0.333 e. The van der Waals surface area contributed by atoms with Crippen LogP contribution in [0.15, 0.2) is 29.3 Å². The first-order valence-electron chi connectivity index (χ1n) is 10.2. The molecule has 1 aliphatic carbocycles. The van der Waals surface area contributed by atoms with E-state index in [2.05, 4.69) is 57.0 Å². The molecule has 1 amide bonds. The number of aliphatic imine (C=N–C) groups is 1. The van der Waals surface area contributed by atoms with Crippen LogP contribution in [0, 0.1) is 0 Å². The summed E-state index contributed by atoms with van der Waals surface area (Å²) < 4.78 is 0. The number of halogens is 1. The lowest BCUT2D eigenvalue weighted by molar-refractivity contribution is -0.108. The summed E-state index contributed by atoms with van der Waals surface area (Å²) in [5.74, 6) is 0.863. The molecule has 2 fully saturated rings. The van der Waals surface area contributed by atoms with E-state index < -0.39 is 0 Å². The lowest BCUT2D eigenvalue weighted by Crippen LogP contribution is -2.45. The molecule has 28 heavy (non-hydrogen) atoms. The van der Waals surface area contributed by atoms with Crippen LogP contribution in [0.5, 0.6) is 0 Å². The minimum atomic E-state index is 0. The Balaban J connectivity index is 0.00000280. The third-order valence-electron chi connectivity index (χ3n) is 5.69. The third-order valence-corrected chi connectivity index (χ3v) is 6.81. The highest BCUT2D eigenvalue weighted by Gasteiger charge is 2.33. The largest absolute Gasteiger partial charge is 0.333 e. The summed E-state index contributed by atoms with van der Waals surface area (Å²) in [5, 5.41) is 1.09. The summed E-state index contributed by atoms with van der Waals surface area (Å²) in [7, 11) is 2.07. The maximum atomic E-state index is 11.9. The van der Waals surface area contributed by atoms with Gasteiger partial charge in [0.05, 0.1) is 6.04 Å². The zero-order chi connectivity index (χ0) is 19.4. The summed E-state index contributed by atoms with van der Waals surface area (Å²) in [6, 6.07) is 8.84. The molecule has 0 aromatic heterocycles. The zero-order valence-corrected chi connectivity index (χ0v) is 20.1. The SMILES string of the molecule is Br.CN1C(=NC2CCCCCC2)SCC1N(C=O)c1ccc(C(C)(C)C)cc1. The Hall–Kier alpha value is -1.01. The van der Waals surface area contributed by atoms with Crippen molar-refractivity contribution in [1.82, 2.24) is 4.90 Å². The van der Waals surface area contributed by atoms with Gasteiger partial charge in [0.15, 0.2) is 5.17 Å². The summed E-state index contributed by atoms with van der Waals surface area (Å²) in [4.78, 5) is 21.0. The second kappa shape index (κ2) is 10.1. The molecule has 0 radical (unpaired) electrons. The Morgan fingerprint density at radius 1 is 1.11 bits per heavy atom. The lowest BCUT2D eigenvalue weighted by Gasteiger charge is -2.31. The van der Waals surface area contributed by atoms with Crippen molar-refractivity contribution in [3.8, 4) is 0 Å². The molecule has 6 heteroatoms. The predicted octanol–water partition coefficient (Wildman–Crippen LogP) is 5.61. The molecule has 1 atom stereocenters. The molecular formula is C22H34BrN3OS. The monoisotopic (exact) mass is 467 g/mol. The van der Waals surface area contributed by atoms with E-state index in [1.54, 1.807) is 11.8 Å². The van der Waals surface area contributed by atoms with Crippen molar-refractivity contribution < 1.29 is 4.79 Å². The van der Waals surface area contributed by atoms with E-state index in [1.165, 1.54) is 44.1 Å². The fourth-order valence-electron chi connectivity index (χ4n) is 3.87. The van der Waals surface area contributed by atoms with Crippen LogP contribution in [0.3, 0.4) is 0 Å². The van der Waals surface area contributed by atoms with Crippen molar-refractivity contribution in [2.24, 2.45) is 4.99 Å². The van der Waals surface area contributed by atoms with Gasteiger partial charge in [-0.05, 0) is 36.0 Å². The number of amides is 1. The van der Waals surface area contributed by atoms with E-state index in [0.29, 0.717) is 6.04 Å². The molecule has 0 N–H and O–H groups in total. The highest BCUT2D eigenvalue weighted by atomic mass is 79.9. The number of carbonyl (C=O) groups excluding carboxylic acids is 1. The molecular weight excluding hydrogens is 434 g/mol. The molecule has 1 saturated carbocycles. The van der Waals surface area contributed by atoms with Crippen molar-refractivity contribution in [2.45, 2.75) is 76.9 Å². The van der Waals surface area contributed by atoms with Crippen LogP contribution < -0.4 is 4.90 Å². The van der Waals surface area contributed by atoms with Gasteiger partial charge in [0.2, 0.25) is 6.41 Å². The smallest absolute Gasteiger partial charge is 0.215 e. The van der Waals surface area contributed by atoms with E-state index in [9.17, 15) is 4.79 Å². The van der Waals surface area contributed by atoms with Gasteiger partial charge in [-0.15, -0.1) is 17.0 Å². The highest BCUT2D eigenvalue weighted by Crippen LogP contribution is 2.31. The maximum Gasteiger partial charge on any atom is 0.215 e. The maximum absolute atomic E-state index is 11.9. The number of amidine groups is 1. The normalized spacial score (nSPS) is 22.6. The second-order valence-corrected chi connectivity index (χ2v) is 9.76. The highest BCUT2D eigenvalue weighted by molar-refractivity contribution is 8.93. The van der Waals surface area contributed by atoms with Gasteiger partial charge in [0.1, 0.15) is 6.17 Å². The molecule has 3 rings (SSSR count). The molecule has 1 saturated heterocycles. The molecule has 0 bridgehead atoms. The lowest BCUT2D eigenvalue weighted by atomic mass is 9.87. The van der Waals surface area contributed by atoms with Crippen molar-refractivity contribution in [2.75, 3.05) is 17.7 Å². The average molecular weight is 469 g/mol. The van der Waals surface area contributed by atoms with E-state index in [-0.39, 0.29) is 28.6 Å². The summed E-state index contributed by atoms with van der Waals surface area (Å²) >= 11 is 1.78. The van der Waals surface area contributed by atoms with Gasteiger partial charge in [-0.3, -0.25) is 14.7 Å². The topological polar surface area (TPSA) is 35.9 Å². The van der Waals surface area contributed by atoms with Crippen molar-refractivity contribution in [3.05, 3.63) is 29.8 Å². The molecule has 1 unspecified atom stereocenters. The van der Waals surface area contributed by atoms with Gasteiger partial charge in [-0.2, -0.15) is 0 Å². The predicted molar refractivity (Wildman–Crippen MR) is 127 cm³/mol. The molecule has 1 aromatic carbocycles. The molecule has 1 heterocycles. The fraction of sp³-hybridized carbons (Fsp3) is 0.636. The van der Waals surface area contributed by atoms with Crippen LogP contribution >= 0.6 is 28.7 Å². The van der Waals surface area contributed by atoms with Crippen molar-refractivity contribution in [1.29, 1.82) is 0 Å². The number of rotatable bonds is 4. The van der Waals surface area contributed by atoms with Crippen LogP contribution in [0.2, 0.25) is 0 Å². The first kappa shape index (κ1) is 23.3. The van der Waals surface area contributed by atoms with Crippen molar-refractivity contribution >= 4 is 46.0 Å². The number of nitrogens with zero attached hydrogens (tertiary/aromatic N) is 3. The number of benzene rings is 1. The van der Waals surface area contributed by atoms with Crippen LogP contribution in [0.4, 0.5) is 5.69 Å². The van der Waals surface area contributed by atoms with E-state index in [1.807, 2.05) is 4.90 Å². The van der Waals surface area contributed by atoms with Gasteiger partial charge >= 0.3 is 0 Å². The summed E-state index contributed by atoms with van der Waals surface area (Å²) in [5.41, 5.74) is 2.34. The van der Waals surface area contributed by atoms with E-state index in [4.69, 9.17) is 4.99 Å². The van der Waals surface area contributed by atoms with E-state index >= 15 is 0 Å². The summed E-state index contributed by atoms with van der Waals surface area (Å²) in [6.45, 7) is 6.62. The Morgan fingerprint density at radius 2 is 1.71 bits per heavy atom. The zero-order valence-electron chi connectivity index (χ0n) is 17.6. The number of thioether (sulfide) groups is 1. The molecule has 1 aromatic rings. The Kier molecular flexibility index (Phi) is 8.44. The fourth-order valence-corrected chi connectivity index (χ4v) is 5.10. The van der Waals surface area contributed by atoms with Crippen LogP contribution in [-0.4, -0.2) is 41.5 Å². The molecule has 0 spiro atoms. The number of hydrogen-bond donors (Lipinski definition) is 0. The van der Waals surface area contributed by atoms with Gasteiger partial charge in [-0.25, -0.2) is 0 Å². The quantitative estimate of drug-likeness (QED) is 0.426. The van der Waals surface area contributed by atoms with Gasteiger partial charge in [-0.1, -0.05) is 70.3 Å². The average Bonchev–Trinajstić information content (AvgIpc) is 2.84. The number of carbonyl (C=O) groups is 1. The Morgan fingerprint density at radius 3 is 2.25 bits per heavy atom. The first-order chi connectivity index (χ1) is 12.9. The van der Waals surface area contributed by atoms with Gasteiger partial charge in [0, 0.05) is 18.5 Å². The Labute approximate surface area is 184 Å². The van der Waals surface area contributed by atoms with Gasteiger partial charge < -0.3 is 4.90 Å². The molecule has 156 valence electrons. The molecule has 1 aliphatic heterocycles. The molecule has 2 aliphatic rings. The van der Waals surface area contributed by atoms with Crippen molar-refractivity contribution in [3.63, 3.8) is 0 Å².